The lowest BCUT2D eigenvalue weighted by molar-refractivity contribution is 0.736. The molecule has 10 aromatic carbocycles. The molecule has 1 aliphatic carbocycles. The monoisotopic (exact) mass is 909 g/mol. The van der Waals surface area contributed by atoms with E-state index in [2.05, 4.69) is 297 Å². The molecule has 5 nitrogen and oxygen atoms in total. The Labute approximate surface area is 412 Å². The summed E-state index contributed by atoms with van der Waals surface area (Å²) in [6.07, 6.45) is 7.22. The van der Waals surface area contributed by atoms with Crippen molar-refractivity contribution in [2.75, 3.05) is 14.7 Å². The normalized spacial score (nSPS) is 15.0. The van der Waals surface area contributed by atoms with Crippen molar-refractivity contribution in [3.8, 4) is 11.4 Å². The van der Waals surface area contributed by atoms with Crippen molar-refractivity contribution >= 4 is 83.4 Å². The molecule has 0 fully saturated rings. The third-order valence-electron chi connectivity index (χ3n) is 14.5. The maximum Gasteiger partial charge on any atom is 0.0631 e. The summed E-state index contributed by atoms with van der Waals surface area (Å²) in [4.78, 5) is 7.34. The molecular weight excluding hydrogens is 863 g/mol. The summed E-state index contributed by atoms with van der Waals surface area (Å²) in [6.45, 7) is 0. The number of allylic oxidation sites excluding steroid dienone is 1. The maximum absolute atomic E-state index is 2.50. The minimum absolute atomic E-state index is 0.164. The summed E-state index contributed by atoms with van der Waals surface area (Å²) in [5, 5.41) is 4.79. The van der Waals surface area contributed by atoms with Gasteiger partial charge in [0.05, 0.1) is 28.1 Å². The third kappa shape index (κ3) is 6.69. The first-order valence-corrected chi connectivity index (χ1v) is 24.5. The Morgan fingerprint density at radius 3 is 1.31 bits per heavy atom. The number of para-hydroxylation sites is 7. The molecule has 0 N–H and O–H groups in total. The number of rotatable bonds is 9. The molecule has 0 amide bonds. The summed E-state index contributed by atoms with van der Waals surface area (Å²) in [5.74, 6) is 0.168. The molecule has 5 heteroatoms. The fourth-order valence-corrected chi connectivity index (χ4v) is 11.5. The molecule has 2 unspecified atom stereocenters. The first-order valence-electron chi connectivity index (χ1n) is 24.5. The Hall–Kier alpha value is -9.32. The van der Waals surface area contributed by atoms with Gasteiger partial charge >= 0.3 is 0 Å². The second kappa shape index (κ2) is 16.7. The second-order valence-electron chi connectivity index (χ2n) is 18.5. The predicted molar refractivity (Wildman–Crippen MR) is 297 cm³/mol. The highest BCUT2D eigenvalue weighted by atomic mass is 15.2. The van der Waals surface area contributed by atoms with Crippen LogP contribution in [0.4, 0.5) is 39.8 Å². The summed E-state index contributed by atoms with van der Waals surface area (Å²) in [5.41, 5.74) is 17.4. The first-order chi connectivity index (χ1) is 35.2. The fourth-order valence-electron chi connectivity index (χ4n) is 11.5. The molecule has 2 aliphatic rings. The average Bonchev–Trinajstić information content (AvgIpc) is 4.07. The van der Waals surface area contributed by atoms with Gasteiger partial charge in [0.1, 0.15) is 0 Å². The lowest BCUT2D eigenvalue weighted by atomic mass is 9.89. The van der Waals surface area contributed by atoms with Crippen molar-refractivity contribution in [2.24, 2.45) is 0 Å². The number of hydrogen-bond acceptors (Lipinski definition) is 3. The molecule has 3 heterocycles. The Bertz CT molecular complexity index is 4010. The smallest absolute Gasteiger partial charge is 0.0631 e. The van der Waals surface area contributed by atoms with Crippen LogP contribution in [0.3, 0.4) is 0 Å². The van der Waals surface area contributed by atoms with Crippen LogP contribution in [0.15, 0.2) is 279 Å². The molecule has 2 atom stereocenters. The van der Waals surface area contributed by atoms with Gasteiger partial charge in [0.15, 0.2) is 0 Å². The van der Waals surface area contributed by atoms with Crippen LogP contribution in [-0.4, -0.2) is 15.2 Å². The Kier molecular flexibility index (Phi) is 9.59. The Balaban J connectivity index is 0.949. The molecule has 71 heavy (non-hydrogen) atoms. The van der Waals surface area contributed by atoms with Gasteiger partial charge in [0.25, 0.3) is 0 Å². The van der Waals surface area contributed by atoms with Crippen LogP contribution in [0, 0.1) is 0 Å². The molecule has 0 saturated carbocycles. The van der Waals surface area contributed by atoms with Crippen LogP contribution >= 0.6 is 0 Å². The van der Waals surface area contributed by atoms with Crippen molar-refractivity contribution in [3.63, 3.8) is 0 Å². The minimum Gasteiger partial charge on any atom is -0.333 e. The first kappa shape index (κ1) is 40.7. The highest BCUT2D eigenvalue weighted by molar-refractivity contribution is 6.13. The number of benzene rings is 10. The van der Waals surface area contributed by atoms with Crippen LogP contribution < -0.4 is 14.7 Å². The summed E-state index contributed by atoms with van der Waals surface area (Å²) >= 11 is 0. The van der Waals surface area contributed by atoms with Gasteiger partial charge in [-0.15, -0.1) is 0 Å². The Morgan fingerprint density at radius 1 is 0.324 bits per heavy atom. The van der Waals surface area contributed by atoms with E-state index in [9.17, 15) is 0 Å². The van der Waals surface area contributed by atoms with Crippen LogP contribution in [-0.2, 0) is 0 Å². The van der Waals surface area contributed by atoms with Gasteiger partial charge in [-0.1, -0.05) is 140 Å². The summed E-state index contributed by atoms with van der Waals surface area (Å²) < 4.78 is 4.80. The van der Waals surface area contributed by atoms with E-state index in [-0.39, 0.29) is 12.0 Å². The summed E-state index contributed by atoms with van der Waals surface area (Å²) in [7, 11) is 0. The van der Waals surface area contributed by atoms with Gasteiger partial charge in [-0.3, -0.25) is 0 Å². The predicted octanol–water partition coefficient (Wildman–Crippen LogP) is 17.2. The van der Waals surface area contributed by atoms with Crippen molar-refractivity contribution in [2.45, 2.75) is 12.0 Å². The van der Waals surface area contributed by atoms with Crippen molar-refractivity contribution in [3.05, 3.63) is 284 Å². The largest absolute Gasteiger partial charge is 0.333 e. The zero-order valence-electron chi connectivity index (χ0n) is 38.9. The maximum atomic E-state index is 2.50. The van der Waals surface area contributed by atoms with Crippen molar-refractivity contribution in [1.29, 1.82) is 0 Å². The fraction of sp³-hybridized carbons (Fsp3) is 0.0303. The third-order valence-corrected chi connectivity index (χ3v) is 14.5. The molecule has 0 radical (unpaired) electrons. The van der Waals surface area contributed by atoms with Crippen LogP contribution in [0.5, 0.6) is 0 Å². The molecule has 0 saturated heterocycles. The molecule has 336 valence electrons. The van der Waals surface area contributed by atoms with Crippen molar-refractivity contribution in [1.82, 2.24) is 9.13 Å². The van der Waals surface area contributed by atoms with Crippen LogP contribution in [0.25, 0.3) is 55.0 Å². The van der Waals surface area contributed by atoms with E-state index in [0.717, 1.165) is 56.5 Å². The van der Waals surface area contributed by atoms with Gasteiger partial charge < -0.3 is 23.8 Å². The zero-order chi connectivity index (χ0) is 46.8. The van der Waals surface area contributed by atoms with E-state index in [1.54, 1.807) is 0 Å². The standard InChI is InChI=1S/C66H47N5/c1-6-20-46(21-7-1)67(51-34-38-63-57(42-51)55-30-16-18-32-61(55)69(63)48-24-10-3-11-25-48)53-36-40-65-59(44-53)60-45-54(37-41-66(60)71(65)50-28-14-5-15-29-50)68(47-22-8-2-9-23-47)52-35-39-64-58(43-52)56-31-17-19-33-62(56)70(64)49-26-12-4-13-27-49/h1-45,57,63H. The second-order valence-corrected chi connectivity index (χ2v) is 18.5. The van der Waals surface area contributed by atoms with Gasteiger partial charge in [-0.2, -0.15) is 0 Å². The van der Waals surface area contributed by atoms with Gasteiger partial charge in [-0.25, -0.2) is 0 Å². The highest BCUT2D eigenvalue weighted by Crippen LogP contribution is 2.50. The number of hydrogen-bond donors (Lipinski definition) is 0. The molecule has 14 rings (SSSR count). The minimum atomic E-state index is 0.164. The number of fused-ring (bicyclic) bond motifs is 9. The molecule has 12 aromatic rings. The Morgan fingerprint density at radius 2 is 0.746 bits per heavy atom. The van der Waals surface area contributed by atoms with E-state index >= 15 is 0 Å². The number of nitrogens with zero attached hydrogens (tertiary/aromatic N) is 5. The lowest BCUT2D eigenvalue weighted by Gasteiger charge is -2.33. The number of aromatic nitrogens is 2. The molecular formula is C66H47N5. The van der Waals surface area contributed by atoms with E-state index < -0.39 is 0 Å². The molecule has 0 spiro atoms. The van der Waals surface area contributed by atoms with Gasteiger partial charge in [-0.05, 0) is 139 Å². The van der Waals surface area contributed by atoms with E-state index in [1.165, 1.54) is 49.5 Å². The van der Waals surface area contributed by atoms with Crippen LogP contribution in [0.2, 0.25) is 0 Å². The summed E-state index contributed by atoms with van der Waals surface area (Å²) in [6, 6.07) is 92.6. The van der Waals surface area contributed by atoms with E-state index in [4.69, 9.17) is 0 Å². The van der Waals surface area contributed by atoms with Crippen molar-refractivity contribution < 1.29 is 0 Å². The number of anilines is 7. The van der Waals surface area contributed by atoms with E-state index in [0.29, 0.717) is 0 Å². The topological polar surface area (TPSA) is 19.6 Å². The molecule has 2 aromatic heterocycles. The molecule has 0 bridgehead atoms. The lowest BCUT2D eigenvalue weighted by Crippen LogP contribution is -2.30. The SMILES string of the molecule is C1=CC2C(C=C1N(c1ccccc1)c1ccc3c(c1)c1cc(N(c4ccccc4)c4ccc5c(c4)c4ccccc4n5-c4ccccc4)ccc1n3-c1ccccc1)c1ccccc1N2c1ccccc1. The van der Waals surface area contributed by atoms with Crippen LogP contribution in [0.1, 0.15) is 11.5 Å². The van der Waals surface area contributed by atoms with E-state index in [1.807, 2.05) is 0 Å². The quantitative estimate of drug-likeness (QED) is 0.144. The van der Waals surface area contributed by atoms with Gasteiger partial charge in [0, 0.05) is 84.3 Å². The highest BCUT2D eigenvalue weighted by Gasteiger charge is 2.39. The van der Waals surface area contributed by atoms with Gasteiger partial charge in [0.2, 0.25) is 0 Å². The average molecular weight is 910 g/mol. The zero-order valence-corrected chi connectivity index (χ0v) is 38.9. The molecule has 1 aliphatic heterocycles.